The Morgan fingerprint density at radius 1 is 1.14 bits per heavy atom. The van der Waals surface area contributed by atoms with Gasteiger partial charge in [-0.05, 0) is 31.4 Å². The number of carbonyl (C=O) groups is 2. The lowest BCUT2D eigenvalue weighted by atomic mass is 10.1. The highest BCUT2D eigenvalue weighted by atomic mass is 16.4. The molecule has 2 fully saturated rings. The van der Waals surface area contributed by atoms with Gasteiger partial charge in [0.05, 0.1) is 17.3 Å². The highest BCUT2D eigenvalue weighted by Gasteiger charge is 2.31. The number of aliphatic carboxylic acids is 1. The Kier molecular flexibility index (Phi) is 4.18. The average molecular weight is 303 g/mol. The van der Waals surface area contributed by atoms with E-state index >= 15 is 0 Å². The summed E-state index contributed by atoms with van der Waals surface area (Å²) in [6.07, 6.45) is 2.87. The minimum atomic E-state index is -0.826. The topological polar surface area (TPSA) is 72.9 Å². The van der Waals surface area contributed by atoms with Crippen molar-refractivity contribution in [1.82, 2.24) is 4.90 Å². The number of para-hydroxylation sites is 2. The van der Waals surface area contributed by atoms with Gasteiger partial charge in [0.2, 0.25) is 0 Å². The molecule has 1 aromatic carbocycles. The fourth-order valence-corrected chi connectivity index (χ4v) is 3.15. The third-order valence-corrected chi connectivity index (χ3v) is 4.42. The summed E-state index contributed by atoms with van der Waals surface area (Å²) >= 11 is 0. The maximum atomic E-state index is 12.4. The second-order valence-corrected chi connectivity index (χ2v) is 5.91. The molecule has 0 bridgehead atoms. The van der Waals surface area contributed by atoms with Crippen molar-refractivity contribution >= 4 is 23.4 Å². The summed E-state index contributed by atoms with van der Waals surface area (Å²) in [5.74, 6) is -1.27. The van der Waals surface area contributed by atoms with Gasteiger partial charge < -0.3 is 20.2 Å². The van der Waals surface area contributed by atoms with Gasteiger partial charge in [0.25, 0.3) is 0 Å². The van der Waals surface area contributed by atoms with E-state index in [1.165, 1.54) is 12.8 Å². The van der Waals surface area contributed by atoms with Crippen molar-refractivity contribution < 1.29 is 14.7 Å². The number of carbonyl (C=O) groups excluding carboxylic acids is 1. The van der Waals surface area contributed by atoms with Crippen LogP contribution in [0.25, 0.3) is 0 Å². The maximum Gasteiger partial charge on any atom is 0.321 e. The molecule has 118 valence electrons. The van der Waals surface area contributed by atoms with Gasteiger partial charge in [-0.3, -0.25) is 4.79 Å². The van der Waals surface area contributed by atoms with Crippen molar-refractivity contribution in [1.29, 1.82) is 0 Å². The van der Waals surface area contributed by atoms with E-state index in [0.29, 0.717) is 13.0 Å². The number of hydrogen-bond donors (Lipinski definition) is 2. The zero-order chi connectivity index (χ0) is 15.5. The Morgan fingerprint density at radius 3 is 2.55 bits per heavy atom. The normalized spacial score (nSPS) is 21.2. The number of urea groups is 1. The molecule has 0 saturated carbocycles. The Bertz CT molecular complexity index is 570. The van der Waals surface area contributed by atoms with E-state index in [0.717, 1.165) is 24.5 Å². The number of nitrogens with one attached hydrogen (secondary N) is 1. The number of nitrogens with zero attached hydrogens (tertiary/aromatic N) is 2. The van der Waals surface area contributed by atoms with E-state index < -0.39 is 11.9 Å². The molecule has 0 aromatic heterocycles. The van der Waals surface area contributed by atoms with Gasteiger partial charge in [-0.25, -0.2) is 4.79 Å². The Labute approximate surface area is 129 Å². The summed E-state index contributed by atoms with van der Waals surface area (Å²) in [6, 6.07) is 7.58. The first kappa shape index (κ1) is 14.7. The molecule has 1 atom stereocenters. The maximum absolute atomic E-state index is 12.4. The number of hydrogen-bond acceptors (Lipinski definition) is 3. The Morgan fingerprint density at radius 2 is 1.86 bits per heavy atom. The van der Waals surface area contributed by atoms with Crippen LogP contribution in [-0.4, -0.2) is 48.2 Å². The van der Waals surface area contributed by atoms with Crippen LogP contribution in [0.4, 0.5) is 16.2 Å². The standard InChI is InChI=1S/C16H21N3O3/c20-15(21)12-7-10-19(11-12)16(22)17-13-5-1-2-6-14(13)18-8-3-4-9-18/h1-2,5-6,12H,3-4,7-11H2,(H,17,22)(H,20,21). The number of carboxylic acid groups (broad SMARTS) is 1. The molecule has 0 radical (unpaired) electrons. The lowest BCUT2D eigenvalue weighted by Gasteiger charge is -2.23. The van der Waals surface area contributed by atoms with E-state index in [2.05, 4.69) is 10.2 Å². The largest absolute Gasteiger partial charge is 0.481 e. The minimum Gasteiger partial charge on any atom is -0.481 e. The third-order valence-electron chi connectivity index (χ3n) is 4.42. The zero-order valence-electron chi connectivity index (χ0n) is 12.5. The SMILES string of the molecule is O=C(O)C1CCN(C(=O)Nc2ccccc2N2CCCC2)C1. The summed E-state index contributed by atoms with van der Waals surface area (Å²) in [4.78, 5) is 27.2. The van der Waals surface area contributed by atoms with Gasteiger partial charge in [0.1, 0.15) is 0 Å². The molecule has 2 N–H and O–H groups in total. The molecule has 1 aromatic rings. The van der Waals surface area contributed by atoms with Gasteiger partial charge in [-0.15, -0.1) is 0 Å². The number of rotatable bonds is 3. The van der Waals surface area contributed by atoms with Crippen LogP contribution in [0, 0.1) is 5.92 Å². The summed E-state index contributed by atoms with van der Waals surface area (Å²) in [5, 5.41) is 12.0. The second-order valence-electron chi connectivity index (χ2n) is 5.91. The molecule has 1 unspecified atom stereocenters. The quantitative estimate of drug-likeness (QED) is 0.898. The molecule has 3 rings (SSSR count). The van der Waals surface area contributed by atoms with E-state index in [1.54, 1.807) is 4.90 Å². The lowest BCUT2D eigenvalue weighted by molar-refractivity contribution is -0.141. The van der Waals surface area contributed by atoms with E-state index in [1.807, 2.05) is 24.3 Å². The summed E-state index contributed by atoms with van der Waals surface area (Å²) in [7, 11) is 0. The van der Waals surface area contributed by atoms with E-state index in [4.69, 9.17) is 5.11 Å². The number of carboxylic acids is 1. The van der Waals surface area contributed by atoms with Crippen LogP contribution in [0.3, 0.4) is 0 Å². The molecule has 6 nitrogen and oxygen atoms in total. The fraction of sp³-hybridized carbons (Fsp3) is 0.500. The molecule has 2 aliphatic heterocycles. The Balaban J connectivity index is 1.68. The van der Waals surface area contributed by atoms with Gasteiger partial charge in [0.15, 0.2) is 0 Å². The molecule has 6 heteroatoms. The van der Waals surface area contributed by atoms with Crippen LogP contribution in [0.2, 0.25) is 0 Å². The van der Waals surface area contributed by atoms with Crippen molar-refractivity contribution in [2.45, 2.75) is 19.3 Å². The van der Waals surface area contributed by atoms with E-state index in [9.17, 15) is 9.59 Å². The van der Waals surface area contributed by atoms with Gasteiger partial charge in [0, 0.05) is 26.2 Å². The fourth-order valence-electron chi connectivity index (χ4n) is 3.15. The second kappa shape index (κ2) is 6.25. The number of anilines is 2. The molecule has 0 aliphatic carbocycles. The van der Waals surface area contributed by atoms with Gasteiger partial charge in [-0.1, -0.05) is 12.1 Å². The molecule has 2 amide bonds. The molecule has 2 aliphatic rings. The van der Waals surface area contributed by atoms with Crippen molar-refractivity contribution in [3.05, 3.63) is 24.3 Å². The van der Waals surface area contributed by atoms with Gasteiger partial charge in [-0.2, -0.15) is 0 Å². The zero-order valence-corrected chi connectivity index (χ0v) is 12.5. The van der Waals surface area contributed by atoms with Gasteiger partial charge >= 0.3 is 12.0 Å². The smallest absolute Gasteiger partial charge is 0.321 e. The van der Waals surface area contributed by atoms with Crippen LogP contribution in [-0.2, 0) is 4.79 Å². The van der Waals surface area contributed by atoms with Crippen LogP contribution in [0.5, 0.6) is 0 Å². The highest BCUT2D eigenvalue weighted by Crippen LogP contribution is 2.29. The molecule has 2 heterocycles. The first-order chi connectivity index (χ1) is 10.6. The van der Waals surface area contributed by atoms with Crippen molar-refractivity contribution in [3.63, 3.8) is 0 Å². The van der Waals surface area contributed by atoms with Crippen molar-refractivity contribution in [3.8, 4) is 0 Å². The predicted octanol–water partition coefficient (Wildman–Crippen LogP) is 2.23. The number of amides is 2. The third kappa shape index (κ3) is 3.00. The summed E-state index contributed by atoms with van der Waals surface area (Å²) < 4.78 is 0. The summed E-state index contributed by atoms with van der Waals surface area (Å²) in [5.41, 5.74) is 1.84. The summed E-state index contributed by atoms with van der Waals surface area (Å²) in [6.45, 7) is 2.80. The first-order valence-electron chi connectivity index (χ1n) is 7.78. The van der Waals surface area contributed by atoms with Crippen molar-refractivity contribution in [2.75, 3.05) is 36.4 Å². The highest BCUT2D eigenvalue weighted by molar-refractivity contribution is 5.93. The molecular formula is C16H21N3O3. The number of benzene rings is 1. The van der Waals surface area contributed by atoms with Crippen LogP contribution >= 0.6 is 0 Å². The van der Waals surface area contributed by atoms with Crippen molar-refractivity contribution in [2.24, 2.45) is 5.92 Å². The molecule has 0 spiro atoms. The van der Waals surface area contributed by atoms with Crippen LogP contribution < -0.4 is 10.2 Å². The first-order valence-corrected chi connectivity index (χ1v) is 7.78. The van der Waals surface area contributed by atoms with Crippen LogP contribution in [0.1, 0.15) is 19.3 Å². The Hall–Kier alpha value is -2.24. The average Bonchev–Trinajstić information content (AvgIpc) is 3.19. The molecule has 2 saturated heterocycles. The molecular weight excluding hydrogens is 282 g/mol. The minimum absolute atomic E-state index is 0.213. The monoisotopic (exact) mass is 303 g/mol. The van der Waals surface area contributed by atoms with E-state index in [-0.39, 0.29) is 12.6 Å². The lowest BCUT2D eigenvalue weighted by Crippen LogP contribution is -2.34. The molecule has 22 heavy (non-hydrogen) atoms. The van der Waals surface area contributed by atoms with Crippen LogP contribution in [0.15, 0.2) is 24.3 Å². The number of likely N-dealkylation sites (tertiary alicyclic amines) is 1. The predicted molar refractivity (Wildman–Crippen MR) is 84.2 cm³/mol.